The van der Waals surface area contributed by atoms with Crippen molar-refractivity contribution in [3.8, 4) is 5.75 Å². The van der Waals surface area contributed by atoms with Gasteiger partial charge in [-0.1, -0.05) is 37.3 Å². The van der Waals surface area contributed by atoms with Crippen molar-refractivity contribution in [1.29, 1.82) is 0 Å². The molecule has 2 rings (SSSR count). The van der Waals surface area contributed by atoms with Crippen molar-refractivity contribution >= 4 is 5.97 Å². The minimum Gasteiger partial charge on any atom is -0.489 e. The van der Waals surface area contributed by atoms with Gasteiger partial charge in [-0.2, -0.15) is 0 Å². The van der Waals surface area contributed by atoms with Gasteiger partial charge in [0.25, 0.3) is 0 Å². The zero-order valence-corrected chi connectivity index (χ0v) is 14.9. The SMILES string of the molecule is CCOC(=O)c1ccccc1COc1ccc(C(C)CCCO)cc1. The maximum atomic E-state index is 12.0. The van der Waals surface area contributed by atoms with Crippen LogP contribution in [0, 0.1) is 0 Å². The van der Waals surface area contributed by atoms with Crippen molar-refractivity contribution in [2.45, 2.75) is 39.2 Å². The van der Waals surface area contributed by atoms with Gasteiger partial charge in [0.05, 0.1) is 12.2 Å². The minimum atomic E-state index is -0.324. The largest absolute Gasteiger partial charge is 0.489 e. The van der Waals surface area contributed by atoms with Gasteiger partial charge >= 0.3 is 5.97 Å². The van der Waals surface area contributed by atoms with Crippen LogP contribution in [0.3, 0.4) is 0 Å². The Kier molecular flexibility index (Phi) is 7.48. The molecule has 0 aliphatic rings. The molecule has 0 saturated heterocycles. The lowest BCUT2D eigenvalue weighted by atomic mass is 9.96. The van der Waals surface area contributed by atoms with E-state index < -0.39 is 0 Å². The van der Waals surface area contributed by atoms with Crippen LogP contribution >= 0.6 is 0 Å². The fourth-order valence-corrected chi connectivity index (χ4v) is 2.67. The van der Waals surface area contributed by atoms with Crippen molar-refractivity contribution in [2.75, 3.05) is 13.2 Å². The van der Waals surface area contributed by atoms with E-state index in [0.717, 1.165) is 24.2 Å². The Morgan fingerprint density at radius 2 is 1.84 bits per heavy atom. The molecule has 2 aromatic carbocycles. The third-order valence-electron chi connectivity index (χ3n) is 4.15. The molecule has 0 saturated carbocycles. The third-order valence-corrected chi connectivity index (χ3v) is 4.15. The summed E-state index contributed by atoms with van der Waals surface area (Å²) in [7, 11) is 0. The Morgan fingerprint density at radius 3 is 2.52 bits per heavy atom. The van der Waals surface area contributed by atoms with Gasteiger partial charge in [0.2, 0.25) is 0 Å². The normalized spacial score (nSPS) is 11.8. The Bertz CT molecular complexity index is 664. The molecule has 0 aromatic heterocycles. The van der Waals surface area contributed by atoms with E-state index in [0.29, 0.717) is 24.7 Å². The van der Waals surface area contributed by atoms with Gasteiger partial charge < -0.3 is 14.6 Å². The molecule has 0 bridgehead atoms. The summed E-state index contributed by atoms with van der Waals surface area (Å²) in [5.41, 5.74) is 2.58. The lowest BCUT2D eigenvalue weighted by molar-refractivity contribution is 0.0523. The highest BCUT2D eigenvalue weighted by atomic mass is 16.5. The molecule has 0 aliphatic carbocycles. The van der Waals surface area contributed by atoms with Crippen molar-refractivity contribution in [3.05, 3.63) is 65.2 Å². The first-order valence-corrected chi connectivity index (χ1v) is 8.74. The summed E-state index contributed by atoms with van der Waals surface area (Å²) in [5.74, 6) is 0.845. The number of hydrogen-bond acceptors (Lipinski definition) is 4. The number of carbonyl (C=O) groups excluding carboxylic acids is 1. The predicted molar refractivity (Wildman–Crippen MR) is 97.9 cm³/mol. The number of carbonyl (C=O) groups is 1. The molecule has 4 nitrogen and oxygen atoms in total. The van der Waals surface area contributed by atoms with Crippen LogP contribution in [-0.4, -0.2) is 24.3 Å². The van der Waals surface area contributed by atoms with Crippen LogP contribution in [0.15, 0.2) is 48.5 Å². The van der Waals surface area contributed by atoms with Crippen molar-refractivity contribution < 1.29 is 19.4 Å². The molecule has 1 N–H and O–H groups in total. The zero-order valence-electron chi connectivity index (χ0n) is 14.9. The van der Waals surface area contributed by atoms with Crippen LogP contribution in [0.1, 0.15) is 54.1 Å². The van der Waals surface area contributed by atoms with E-state index in [1.807, 2.05) is 30.3 Å². The highest BCUT2D eigenvalue weighted by Gasteiger charge is 2.12. The summed E-state index contributed by atoms with van der Waals surface area (Å²) in [6, 6.07) is 15.3. The minimum absolute atomic E-state index is 0.228. The molecule has 4 heteroatoms. The summed E-state index contributed by atoms with van der Waals surface area (Å²) in [5, 5.41) is 8.93. The second kappa shape index (κ2) is 9.84. The fraction of sp³-hybridized carbons (Fsp3) is 0.381. The average molecular weight is 342 g/mol. The van der Waals surface area contributed by atoms with Gasteiger partial charge in [-0.15, -0.1) is 0 Å². The van der Waals surface area contributed by atoms with Crippen LogP contribution in [-0.2, 0) is 11.3 Å². The molecule has 1 atom stereocenters. The number of rotatable bonds is 9. The number of hydrogen-bond donors (Lipinski definition) is 1. The standard InChI is InChI=1S/C21H26O4/c1-3-24-21(23)20-9-5-4-8-18(20)15-25-19-12-10-17(11-13-19)16(2)7-6-14-22/h4-5,8-13,16,22H,3,6-7,14-15H2,1-2H3. The topological polar surface area (TPSA) is 55.8 Å². The van der Waals surface area contributed by atoms with E-state index in [4.69, 9.17) is 14.6 Å². The van der Waals surface area contributed by atoms with Gasteiger partial charge in [0.15, 0.2) is 0 Å². The molecule has 2 aromatic rings. The summed E-state index contributed by atoms with van der Waals surface area (Å²) in [4.78, 5) is 12.0. The lowest BCUT2D eigenvalue weighted by Gasteiger charge is -2.13. The van der Waals surface area contributed by atoms with Gasteiger partial charge in [0, 0.05) is 12.2 Å². The second-order valence-corrected chi connectivity index (χ2v) is 6.00. The van der Waals surface area contributed by atoms with E-state index in [1.54, 1.807) is 13.0 Å². The number of esters is 1. The van der Waals surface area contributed by atoms with E-state index in [-0.39, 0.29) is 12.6 Å². The Hall–Kier alpha value is -2.33. The van der Waals surface area contributed by atoms with Crippen molar-refractivity contribution in [3.63, 3.8) is 0 Å². The number of benzene rings is 2. The molecular weight excluding hydrogens is 316 g/mol. The van der Waals surface area contributed by atoms with Crippen molar-refractivity contribution in [1.82, 2.24) is 0 Å². The molecule has 0 aliphatic heterocycles. The van der Waals surface area contributed by atoms with Crippen LogP contribution in [0.5, 0.6) is 5.75 Å². The van der Waals surface area contributed by atoms with E-state index >= 15 is 0 Å². The maximum absolute atomic E-state index is 12.0. The highest BCUT2D eigenvalue weighted by Crippen LogP contribution is 2.23. The molecule has 0 spiro atoms. The van der Waals surface area contributed by atoms with Crippen LogP contribution in [0.25, 0.3) is 0 Å². The number of aliphatic hydroxyl groups is 1. The first-order chi connectivity index (χ1) is 12.2. The summed E-state index contributed by atoms with van der Waals surface area (Å²) in [6.45, 7) is 4.84. The number of aliphatic hydroxyl groups excluding tert-OH is 1. The summed E-state index contributed by atoms with van der Waals surface area (Å²) < 4.78 is 10.9. The summed E-state index contributed by atoms with van der Waals surface area (Å²) >= 11 is 0. The number of ether oxygens (including phenoxy) is 2. The van der Waals surface area contributed by atoms with Crippen LogP contribution < -0.4 is 4.74 Å². The predicted octanol–water partition coefficient (Wildman–Crippen LogP) is 4.32. The molecule has 25 heavy (non-hydrogen) atoms. The molecule has 0 amide bonds. The van der Waals surface area contributed by atoms with Gasteiger partial charge in [-0.25, -0.2) is 4.79 Å². The maximum Gasteiger partial charge on any atom is 0.338 e. The second-order valence-electron chi connectivity index (χ2n) is 6.00. The highest BCUT2D eigenvalue weighted by molar-refractivity contribution is 5.91. The quantitative estimate of drug-likeness (QED) is 0.690. The Balaban J connectivity index is 1.99. The third kappa shape index (κ3) is 5.61. The van der Waals surface area contributed by atoms with E-state index in [9.17, 15) is 4.79 Å². The lowest BCUT2D eigenvalue weighted by Crippen LogP contribution is -2.09. The van der Waals surface area contributed by atoms with Gasteiger partial charge in [-0.3, -0.25) is 0 Å². The van der Waals surface area contributed by atoms with E-state index in [1.165, 1.54) is 5.56 Å². The zero-order chi connectivity index (χ0) is 18.1. The summed E-state index contributed by atoms with van der Waals surface area (Å²) in [6.07, 6.45) is 1.77. The Labute approximate surface area is 149 Å². The van der Waals surface area contributed by atoms with Crippen LogP contribution in [0.2, 0.25) is 0 Å². The molecule has 0 heterocycles. The first-order valence-electron chi connectivity index (χ1n) is 8.74. The van der Waals surface area contributed by atoms with E-state index in [2.05, 4.69) is 19.1 Å². The average Bonchev–Trinajstić information content (AvgIpc) is 2.65. The monoisotopic (exact) mass is 342 g/mol. The molecule has 1 unspecified atom stereocenters. The first kappa shape index (κ1) is 19.0. The molecule has 134 valence electrons. The molecular formula is C21H26O4. The van der Waals surface area contributed by atoms with Gasteiger partial charge in [0.1, 0.15) is 12.4 Å². The van der Waals surface area contributed by atoms with Crippen molar-refractivity contribution in [2.24, 2.45) is 0 Å². The molecule has 0 fully saturated rings. The Morgan fingerprint density at radius 1 is 1.12 bits per heavy atom. The van der Waals surface area contributed by atoms with Crippen LogP contribution in [0.4, 0.5) is 0 Å². The van der Waals surface area contributed by atoms with Gasteiger partial charge in [-0.05, 0) is 49.4 Å². The fourth-order valence-electron chi connectivity index (χ4n) is 2.67. The smallest absolute Gasteiger partial charge is 0.338 e. The molecule has 0 radical (unpaired) electrons.